The summed E-state index contributed by atoms with van der Waals surface area (Å²) in [7, 11) is -4.56. The van der Waals surface area contributed by atoms with Gasteiger partial charge in [0, 0.05) is 17.2 Å². The second-order valence-corrected chi connectivity index (χ2v) is 8.48. The molecule has 0 aromatic carbocycles. The molecular weight excluding hydrogens is 431 g/mol. The van der Waals surface area contributed by atoms with Crippen LogP contribution in [0.3, 0.4) is 0 Å². The minimum atomic E-state index is -4.56. The highest BCUT2D eigenvalue weighted by Gasteiger charge is 2.51. The molecule has 0 saturated carbocycles. The summed E-state index contributed by atoms with van der Waals surface area (Å²) in [6.07, 6.45) is -4.67. The molecule has 0 amide bonds. The number of aliphatic hydroxyl groups excluding tert-OH is 1. The largest absolute Gasteiger partial charge is 0.756 e. The number of thioether (sulfide) groups is 1. The average molecular weight is 445 g/mol. The van der Waals surface area contributed by atoms with Crippen LogP contribution in [0.5, 0.6) is 0 Å². The Bertz CT molecular complexity index is 1100. The molecule has 3 unspecified atom stereocenters. The zero-order valence-electron chi connectivity index (χ0n) is 14.4. The van der Waals surface area contributed by atoms with E-state index in [1.165, 1.54) is 4.57 Å². The lowest BCUT2D eigenvalue weighted by molar-refractivity contribution is -0.245. The van der Waals surface area contributed by atoms with E-state index >= 15 is 0 Å². The highest BCUT2D eigenvalue weighted by atomic mass is 32.2. The summed E-state index contributed by atoms with van der Waals surface area (Å²) in [5.74, 6) is 0.133. The van der Waals surface area contributed by atoms with Crippen molar-refractivity contribution in [3.05, 3.63) is 20.8 Å². The van der Waals surface area contributed by atoms with Gasteiger partial charge in [0.1, 0.15) is 18.3 Å². The number of phosphoric acid groups is 1. The number of nitrogen functional groups attached to an aromatic ring is 1. The molecule has 2 aromatic heterocycles. The van der Waals surface area contributed by atoms with Crippen LogP contribution in [0.1, 0.15) is 6.23 Å². The average Bonchev–Trinajstić information content (AvgIpc) is 3.16. The van der Waals surface area contributed by atoms with Gasteiger partial charge >= 0.3 is 0 Å². The van der Waals surface area contributed by atoms with E-state index in [-0.39, 0.29) is 35.4 Å². The Kier molecular flexibility index (Phi) is 5.27. The smallest absolute Gasteiger partial charge is 0.280 e. The van der Waals surface area contributed by atoms with E-state index in [0.717, 1.165) is 11.8 Å². The Morgan fingerprint density at radius 1 is 1.55 bits per heavy atom. The predicted molar refractivity (Wildman–Crippen MR) is 95.6 cm³/mol. The van der Waals surface area contributed by atoms with Crippen LogP contribution in [-0.2, 0) is 18.3 Å². The van der Waals surface area contributed by atoms with Gasteiger partial charge in [-0.05, 0) is 5.53 Å². The number of rotatable bonds is 5. The van der Waals surface area contributed by atoms with Crippen molar-refractivity contribution in [3.63, 3.8) is 0 Å². The van der Waals surface area contributed by atoms with Crippen LogP contribution in [-0.4, -0.2) is 61.8 Å². The monoisotopic (exact) mass is 445 g/mol. The maximum atomic E-state index is 12.2. The number of imidazole rings is 1. The maximum absolute atomic E-state index is 12.2. The quantitative estimate of drug-likeness (QED) is 0.129. The first-order valence-corrected chi connectivity index (χ1v) is 10.6. The molecule has 2 aromatic rings. The van der Waals surface area contributed by atoms with Crippen molar-refractivity contribution in [1.82, 2.24) is 19.5 Å². The van der Waals surface area contributed by atoms with E-state index < -0.39 is 37.9 Å². The number of fused-ring (bicyclic) bond motifs is 2. The fourth-order valence-corrected chi connectivity index (χ4v) is 4.87. The van der Waals surface area contributed by atoms with Gasteiger partial charge in [-0.2, -0.15) is 4.98 Å². The summed E-state index contributed by atoms with van der Waals surface area (Å²) < 4.78 is 28.1. The van der Waals surface area contributed by atoms with Crippen molar-refractivity contribution < 1.29 is 28.3 Å². The summed E-state index contributed by atoms with van der Waals surface area (Å²) >= 11 is 1.12. The predicted octanol–water partition coefficient (Wildman–Crippen LogP) is -0.754. The number of nitrogens with one attached hydrogen (secondary N) is 1. The SMILES string of the molecule is [N-]=[N+]=NCCSc1nc2c(=O)[nH]c(N)nc2n1[C@@H]1OC2COP(=O)([O-])O[C@H]2C1O. The highest BCUT2D eigenvalue weighted by Crippen LogP contribution is 2.50. The van der Waals surface area contributed by atoms with Crippen LogP contribution < -0.4 is 16.2 Å². The lowest BCUT2D eigenvalue weighted by Crippen LogP contribution is -2.41. The molecule has 4 N–H and O–H groups in total. The number of anilines is 1. The van der Waals surface area contributed by atoms with Crippen molar-refractivity contribution in [3.8, 4) is 0 Å². The Hall–Kier alpha value is -2.16. The lowest BCUT2D eigenvalue weighted by Gasteiger charge is -2.34. The van der Waals surface area contributed by atoms with E-state index in [1.807, 2.05) is 0 Å². The minimum Gasteiger partial charge on any atom is -0.756 e. The number of hydrogen-bond acceptors (Lipinski definition) is 12. The molecular formula is C12H14N8O7PS-. The fraction of sp³-hybridized carbons (Fsp3) is 0.583. The van der Waals surface area contributed by atoms with Crippen molar-refractivity contribution in [2.75, 3.05) is 24.6 Å². The molecule has 156 valence electrons. The van der Waals surface area contributed by atoms with E-state index in [0.29, 0.717) is 5.75 Å². The van der Waals surface area contributed by atoms with Gasteiger partial charge < -0.3 is 29.5 Å². The molecule has 17 heteroatoms. The number of aromatic amines is 1. The number of aromatic nitrogens is 4. The zero-order valence-corrected chi connectivity index (χ0v) is 16.2. The number of ether oxygens (including phenoxy) is 1. The van der Waals surface area contributed by atoms with E-state index in [9.17, 15) is 19.4 Å². The first-order valence-electron chi connectivity index (χ1n) is 8.19. The third kappa shape index (κ3) is 3.72. The van der Waals surface area contributed by atoms with Gasteiger partial charge in [0.15, 0.2) is 22.5 Å². The Balaban J connectivity index is 1.76. The zero-order chi connectivity index (χ0) is 20.8. The van der Waals surface area contributed by atoms with Gasteiger partial charge in [-0.1, -0.05) is 16.9 Å². The summed E-state index contributed by atoms with van der Waals surface area (Å²) in [4.78, 5) is 37.1. The number of H-pyrrole nitrogens is 1. The maximum Gasteiger partial charge on any atom is 0.280 e. The molecule has 0 spiro atoms. The molecule has 2 saturated heterocycles. The van der Waals surface area contributed by atoms with E-state index in [1.54, 1.807) is 0 Å². The van der Waals surface area contributed by atoms with E-state index in [2.05, 4.69) is 29.5 Å². The standard InChI is InChI=1S/C12H15N8O7PS/c13-11-17-8-5(9(22)18-11)16-12(29-2-1-15-19-14)20(8)10-6(21)7-4(26-10)3-25-28(23,24)27-7/h4,6-7,10,21H,1-3H2,(H,23,24)(H3,13,17,18,22)/p-1/t4?,6?,7-,10-/m1/s1. The number of azide groups is 1. The molecule has 0 bridgehead atoms. The fourth-order valence-electron chi connectivity index (χ4n) is 3.08. The topological polar surface area (TPSA) is 226 Å². The van der Waals surface area contributed by atoms with Gasteiger partial charge in [-0.15, -0.1) is 0 Å². The lowest BCUT2D eigenvalue weighted by atomic mass is 10.1. The summed E-state index contributed by atoms with van der Waals surface area (Å²) in [6.45, 7) is -0.187. The summed E-state index contributed by atoms with van der Waals surface area (Å²) in [5.41, 5.74) is 13.4. The van der Waals surface area contributed by atoms with Crippen LogP contribution in [0.15, 0.2) is 15.1 Å². The van der Waals surface area contributed by atoms with Gasteiger partial charge in [0.05, 0.1) is 6.61 Å². The van der Waals surface area contributed by atoms with E-state index in [4.69, 9.17) is 20.5 Å². The normalized spacial score (nSPS) is 31.5. The second kappa shape index (κ2) is 7.59. The van der Waals surface area contributed by atoms with Crippen LogP contribution in [0.4, 0.5) is 5.95 Å². The Morgan fingerprint density at radius 2 is 2.34 bits per heavy atom. The van der Waals surface area contributed by atoms with Gasteiger partial charge in [0.2, 0.25) is 5.95 Å². The van der Waals surface area contributed by atoms with Crippen molar-refractivity contribution in [1.29, 1.82) is 0 Å². The second-order valence-electron chi connectivity index (χ2n) is 6.06. The van der Waals surface area contributed by atoms with Gasteiger partial charge in [-0.3, -0.25) is 18.9 Å². The van der Waals surface area contributed by atoms with Crippen LogP contribution in [0.2, 0.25) is 0 Å². The molecule has 2 aliphatic heterocycles. The Labute approximate surface area is 165 Å². The minimum absolute atomic E-state index is 0.0338. The summed E-state index contributed by atoms with van der Waals surface area (Å²) in [6, 6.07) is 0. The summed E-state index contributed by atoms with van der Waals surface area (Å²) in [5, 5.41) is 14.3. The molecule has 29 heavy (non-hydrogen) atoms. The first-order chi connectivity index (χ1) is 13.8. The van der Waals surface area contributed by atoms with Crippen molar-refractivity contribution in [2.45, 2.75) is 29.7 Å². The van der Waals surface area contributed by atoms with Crippen molar-refractivity contribution >= 4 is 36.7 Å². The van der Waals surface area contributed by atoms with Gasteiger partial charge in [-0.25, -0.2) is 4.98 Å². The molecule has 2 aliphatic rings. The molecule has 15 nitrogen and oxygen atoms in total. The number of hydrogen-bond donors (Lipinski definition) is 3. The third-order valence-corrected chi connectivity index (χ3v) is 6.13. The molecule has 0 radical (unpaired) electrons. The van der Waals surface area contributed by atoms with Crippen molar-refractivity contribution in [2.24, 2.45) is 5.11 Å². The van der Waals surface area contributed by atoms with Crippen LogP contribution >= 0.6 is 19.6 Å². The highest BCUT2D eigenvalue weighted by molar-refractivity contribution is 7.99. The number of nitrogens with two attached hydrogens (primary N) is 1. The molecule has 2 fully saturated rings. The molecule has 5 atom stereocenters. The third-order valence-electron chi connectivity index (χ3n) is 4.23. The number of aliphatic hydroxyl groups is 1. The molecule has 4 heterocycles. The Morgan fingerprint density at radius 3 is 3.10 bits per heavy atom. The number of phosphoric ester groups is 1. The number of nitrogens with zero attached hydrogens (tertiary/aromatic N) is 6. The molecule has 4 rings (SSSR count). The van der Waals surface area contributed by atoms with Crippen LogP contribution in [0.25, 0.3) is 21.6 Å². The van der Waals surface area contributed by atoms with Gasteiger partial charge in [0.25, 0.3) is 13.4 Å². The van der Waals surface area contributed by atoms with Crippen LogP contribution in [0, 0.1) is 0 Å². The molecule has 0 aliphatic carbocycles. The first kappa shape index (κ1) is 20.1.